The second-order valence-corrected chi connectivity index (χ2v) is 9.82. The molecule has 0 saturated carbocycles. The number of thiophene rings is 1. The summed E-state index contributed by atoms with van der Waals surface area (Å²) in [5, 5.41) is 6.24. The number of hydrogen-bond donors (Lipinski definition) is 2. The molecular weight excluding hydrogens is 427 g/mol. The smallest absolute Gasteiger partial charge is 0.271 e. The summed E-state index contributed by atoms with van der Waals surface area (Å²) in [6.45, 7) is 6.74. The zero-order chi connectivity index (χ0) is 22.7. The van der Waals surface area contributed by atoms with Crippen LogP contribution >= 0.6 is 11.3 Å². The highest BCUT2D eigenvalue weighted by Crippen LogP contribution is 2.28. The average molecular weight is 457 g/mol. The molecule has 1 amide bonds. The summed E-state index contributed by atoms with van der Waals surface area (Å²) in [7, 11) is 2.15. The van der Waals surface area contributed by atoms with Crippen LogP contribution < -0.4 is 10.6 Å². The molecule has 2 N–H and O–H groups in total. The van der Waals surface area contributed by atoms with Crippen molar-refractivity contribution in [3.05, 3.63) is 46.5 Å². The molecule has 3 aromatic rings. The first kappa shape index (κ1) is 22.5. The standard InChI is InChI=1S/C23H29FN6OS/c1-14-10-19-21(32-14)20(22(31)26-7-4-16-5-8-30(3)9-6-16)29-23(28-19)27-15(2)17-11-18(24)13-25-12-17/h10-13,15-16H,4-9H2,1-3H3,(H,26,31)(H,27,28,29)/t15-/m0/s1. The van der Waals surface area contributed by atoms with Crippen molar-refractivity contribution in [3.8, 4) is 0 Å². The molecule has 0 aliphatic carbocycles. The van der Waals surface area contributed by atoms with Crippen molar-refractivity contribution in [3.63, 3.8) is 0 Å². The molecule has 1 saturated heterocycles. The number of pyridine rings is 1. The lowest BCUT2D eigenvalue weighted by Gasteiger charge is -2.28. The first-order chi connectivity index (χ1) is 15.4. The Labute approximate surface area is 191 Å². The molecule has 4 heterocycles. The topological polar surface area (TPSA) is 83.0 Å². The number of carbonyl (C=O) groups is 1. The lowest BCUT2D eigenvalue weighted by Crippen LogP contribution is -2.33. The highest BCUT2D eigenvalue weighted by molar-refractivity contribution is 7.19. The molecule has 0 aromatic carbocycles. The number of anilines is 1. The van der Waals surface area contributed by atoms with Gasteiger partial charge in [-0.15, -0.1) is 11.3 Å². The molecule has 32 heavy (non-hydrogen) atoms. The van der Waals surface area contributed by atoms with E-state index in [1.165, 1.54) is 36.4 Å². The maximum absolute atomic E-state index is 13.5. The zero-order valence-electron chi connectivity index (χ0n) is 18.7. The Morgan fingerprint density at radius 2 is 2.06 bits per heavy atom. The second kappa shape index (κ2) is 9.87. The predicted octanol–water partition coefficient (Wildman–Crippen LogP) is 4.17. The molecule has 0 radical (unpaired) electrons. The number of halogens is 1. The monoisotopic (exact) mass is 456 g/mol. The van der Waals surface area contributed by atoms with Crippen molar-refractivity contribution >= 4 is 33.4 Å². The first-order valence-electron chi connectivity index (χ1n) is 11.0. The van der Waals surface area contributed by atoms with Crippen molar-refractivity contribution in [2.75, 3.05) is 32.0 Å². The van der Waals surface area contributed by atoms with Gasteiger partial charge in [-0.2, -0.15) is 0 Å². The van der Waals surface area contributed by atoms with Gasteiger partial charge in [0, 0.05) is 17.6 Å². The van der Waals surface area contributed by atoms with E-state index in [-0.39, 0.29) is 11.9 Å². The summed E-state index contributed by atoms with van der Waals surface area (Å²) in [6, 6.07) is 3.11. The molecule has 4 rings (SSSR count). The van der Waals surface area contributed by atoms with E-state index in [4.69, 9.17) is 0 Å². The second-order valence-electron chi connectivity index (χ2n) is 8.56. The largest absolute Gasteiger partial charge is 0.351 e. The van der Waals surface area contributed by atoms with Gasteiger partial charge < -0.3 is 15.5 Å². The van der Waals surface area contributed by atoms with Crippen LogP contribution in [0.15, 0.2) is 24.5 Å². The van der Waals surface area contributed by atoms with E-state index in [0.717, 1.165) is 34.6 Å². The molecule has 1 aliphatic rings. The van der Waals surface area contributed by atoms with Crippen LogP contribution in [0.2, 0.25) is 0 Å². The van der Waals surface area contributed by atoms with Crippen LogP contribution in [0.3, 0.4) is 0 Å². The predicted molar refractivity (Wildman–Crippen MR) is 126 cm³/mol. The Morgan fingerprint density at radius 3 is 2.81 bits per heavy atom. The maximum Gasteiger partial charge on any atom is 0.271 e. The van der Waals surface area contributed by atoms with E-state index in [1.807, 2.05) is 19.9 Å². The van der Waals surface area contributed by atoms with Gasteiger partial charge in [-0.25, -0.2) is 14.4 Å². The fraction of sp³-hybridized carbons (Fsp3) is 0.478. The summed E-state index contributed by atoms with van der Waals surface area (Å²) in [5.74, 6) is 0.410. The van der Waals surface area contributed by atoms with E-state index >= 15 is 0 Å². The van der Waals surface area contributed by atoms with Crippen LogP contribution in [0.1, 0.15) is 53.2 Å². The Bertz CT molecular complexity index is 1100. The minimum Gasteiger partial charge on any atom is -0.351 e. The van der Waals surface area contributed by atoms with Gasteiger partial charge in [0.1, 0.15) is 5.82 Å². The third kappa shape index (κ3) is 5.39. The number of nitrogens with one attached hydrogen (secondary N) is 2. The molecular formula is C23H29FN6OS. The van der Waals surface area contributed by atoms with E-state index in [9.17, 15) is 9.18 Å². The lowest BCUT2D eigenvalue weighted by atomic mass is 9.94. The van der Waals surface area contributed by atoms with Gasteiger partial charge in [0.15, 0.2) is 5.69 Å². The van der Waals surface area contributed by atoms with E-state index in [2.05, 4.69) is 37.5 Å². The normalized spacial score (nSPS) is 16.2. The van der Waals surface area contributed by atoms with Gasteiger partial charge in [-0.1, -0.05) is 0 Å². The molecule has 7 nitrogen and oxygen atoms in total. The number of aromatic nitrogens is 3. The number of piperidine rings is 1. The van der Waals surface area contributed by atoms with Gasteiger partial charge in [-0.3, -0.25) is 9.78 Å². The van der Waals surface area contributed by atoms with Crippen molar-refractivity contribution in [1.29, 1.82) is 0 Å². The minimum absolute atomic E-state index is 0.185. The molecule has 0 unspecified atom stereocenters. The van der Waals surface area contributed by atoms with E-state index < -0.39 is 5.82 Å². The van der Waals surface area contributed by atoms with Gasteiger partial charge in [0.05, 0.1) is 22.5 Å². The molecule has 1 fully saturated rings. The van der Waals surface area contributed by atoms with Gasteiger partial charge >= 0.3 is 0 Å². The molecule has 9 heteroatoms. The van der Waals surface area contributed by atoms with Gasteiger partial charge in [0.25, 0.3) is 5.91 Å². The third-order valence-corrected chi connectivity index (χ3v) is 7.00. The molecule has 1 aliphatic heterocycles. The van der Waals surface area contributed by atoms with Crippen LogP contribution in [0.5, 0.6) is 0 Å². The van der Waals surface area contributed by atoms with Crippen LogP contribution in [-0.4, -0.2) is 52.4 Å². The Morgan fingerprint density at radius 1 is 1.28 bits per heavy atom. The number of rotatable bonds is 7. The first-order valence-corrected chi connectivity index (χ1v) is 11.8. The average Bonchev–Trinajstić information content (AvgIpc) is 3.14. The van der Waals surface area contributed by atoms with E-state index in [0.29, 0.717) is 29.7 Å². The lowest BCUT2D eigenvalue weighted by molar-refractivity contribution is 0.0946. The number of carbonyl (C=O) groups excluding carboxylic acids is 1. The molecule has 0 bridgehead atoms. The van der Waals surface area contributed by atoms with Gasteiger partial charge in [-0.05, 0) is 76.9 Å². The summed E-state index contributed by atoms with van der Waals surface area (Å²) >= 11 is 1.52. The van der Waals surface area contributed by atoms with Crippen LogP contribution in [0.25, 0.3) is 10.2 Å². The van der Waals surface area contributed by atoms with Crippen molar-refractivity contribution in [2.45, 2.75) is 39.2 Å². The summed E-state index contributed by atoms with van der Waals surface area (Å²) in [5.41, 5.74) is 1.79. The van der Waals surface area contributed by atoms with Crippen molar-refractivity contribution < 1.29 is 9.18 Å². The minimum atomic E-state index is -0.398. The number of nitrogens with zero attached hydrogens (tertiary/aromatic N) is 4. The summed E-state index contributed by atoms with van der Waals surface area (Å²) in [4.78, 5) is 29.4. The molecule has 3 aromatic heterocycles. The number of amides is 1. The highest BCUT2D eigenvalue weighted by atomic mass is 32.1. The third-order valence-electron chi connectivity index (χ3n) is 5.96. The van der Waals surface area contributed by atoms with Crippen LogP contribution in [-0.2, 0) is 0 Å². The fourth-order valence-electron chi connectivity index (χ4n) is 4.03. The number of fused-ring (bicyclic) bond motifs is 1. The SMILES string of the molecule is Cc1cc2nc(N[C@@H](C)c3cncc(F)c3)nc(C(=O)NCCC3CCN(C)CC3)c2s1. The Balaban J connectivity index is 1.48. The number of hydrogen-bond acceptors (Lipinski definition) is 7. The quantitative estimate of drug-likeness (QED) is 0.555. The molecule has 1 atom stereocenters. The summed E-state index contributed by atoms with van der Waals surface area (Å²) in [6.07, 6.45) is 6.10. The molecule has 170 valence electrons. The molecule has 0 spiro atoms. The van der Waals surface area contributed by atoms with E-state index in [1.54, 1.807) is 6.20 Å². The Hall–Kier alpha value is -2.65. The number of aryl methyl sites for hydroxylation is 1. The Kier molecular flexibility index (Phi) is 6.95. The number of likely N-dealkylation sites (tertiary alicyclic amines) is 1. The van der Waals surface area contributed by atoms with Crippen LogP contribution in [0, 0.1) is 18.7 Å². The highest BCUT2D eigenvalue weighted by Gasteiger charge is 2.20. The van der Waals surface area contributed by atoms with Crippen molar-refractivity contribution in [2.24, 2.45) is 5.92 Å². The van der Waals surface area contributed by atoms with Crippen molar-refractivity contribution in [1.82, 2.24) is 25.2 Å². The summed E-state index contributed by atoms with van der Waals surface area (Å²) < 4.78 is 14.3. The van der Waals surface area contributed by atoms with Crippen LogP contribution in [0.4, 0.5) is 10.3 Å². The zero-order valence-corrected chi connectivity index (χ0v) is 19.5. The fourth-order valence-corrected chi connectivity index (χ4v) is 4.97. The maximum atomic E-state index is 13.5. The van der Waals surface area contributed by atoms with Gasteiger partial charge in [0.2, 0.25) is 5.95 Å².